The van der Waals surface area contributed by atoms with E-state index in [2.05, 4.69) is 27.8 Å². The summed E-state index contributed by atoms with van der Waals surface area (Å²) in [5, 5.41) is 8.88. The van der Waals surface area contributed by atoms with Crippen LogP contribution in [0.2, 0.25) is 0 Å². The van der Waals surface area contributed by atoms with E-state index < -0.39 is 0 Å². The van der Waals surface area contributed by atoms with Gasteiger partial charge in [-0.15, -0.1) is 0 Å². The van der Waals surface area contributed by atoms with Crippen molar-refractivity contribution in [1.29, 1.82) is 0 Å². The first-order valence-corrected chi connectivity index (χ1v) is 10.7. The minimum atomic E-state index is -0.0897. The fraction of sp³-hybridized carbons (Fsp3) is 0.900. The second-order valence-electron chi connectivity index (χ2n) is 8.07. The monoisotopic (exact) mass is 366 g/mol. The number of nitrogens with one attached hydrogen (secondary N) is 3. The topological polar surface area (TPSA) is 73.5 Å². The van der Waals surface area contributed by atoms with Crippen LogP contribution in [0.3, 0.4) is 0 Å². The molecule has 0 aromatic rings. The van der Waals surface area contributed by atoms with Crippen LogP contribution in [0.25, 0.3) is 0 Å². The zero-order chi connectivity index (χ0) is 18.6. The summed E-state index contributed by atoms with van der Waals surface area (Å²) in [5.74, 6) is 0.955. The number of nitrogens with zero attached hydrogens (tertiary/aromatic N) is 1. The van der Waals surface area contributed by atoms with Crippen LogP contribution >= 0.6 is 0 Å². The summed E-state index contributed by atoms with van der Waals surface area (Å²) < 4.78 is 0. The summed E-state index contributed by atoms with van der Waals surface area (Å²) in [6.07, 6.45) is 10.7. The summed E-state index contributed by atoms with van der Waals surface area (Å²) in [7, 11) is 0. The third-order valence-electron chi connectivity index (χ3n) is 5.66. The molecule has 0 bridgehead atoms. The Morgan fingerprint density at radius 1 is 0.923 bits per heavy atom. The number of hydrogen-bond donors (Lipinski definition) is 3. The maximum absolute atomic E-state index is 11.8. The van der Waals surface area contributed by atoms with E-state index in [-0.39, 0.29) is 11.9 Å². The third-order valence-corrected chi connectivity index (χ3v) is 5.66. The lowest BCUT2D eigenvalue weighted by Gasteiger charge is -2.30. The molecule has 3 amide bonds. The highest BCUT2D eigenvalue weighted by molar-refractivity contribution is 5.76. The number of piperidine rings is 1. The molecule has 1 aliphatic carbocycles. The first kappa shape index (κ1) is 21.0. The number of hydrogen-bond acceptors (Lipinski definition) is 3. The fourth-order valence-electron chi connectivity index (χ4n) is 3.84. The lowest BCUT2D eigenvalue weighted by molar-refractivity contribution is -0.121. The van der Waals surface area contributed by atoms with Gasteiger partial charge in [0.1, 0.15) is 0 Å². The highest BCUT2D eigenvalue weighted by atomic mass is 16.2. The predicted molar refractivity (Wildman–Crippen MR) is 105 cm³/mol. The molecular formula is C20H38N4O2. The van der Waals surface area contributed by atoms with Gasteiger partial charge in [-0.1, -0.05) is 26.2 Å². The molecule has 2 fully saturated rings. The molecule has 3 N–H and O–H groups in total. The van der Waals surface area contributed by atoms with Gasteiger partial charge in [-0.3, -0.25) is 4.79 Å². The van der Waals surface area contributed by atoms with E-state index in [0.29, 0.717) is 25.4 Å². The molecule has 6 nitrogen and oxygen atoms in total. The van der Waals surface area contributed by atoms with Gasteiger partial charge in [0.05, 0.1) is 0 Å². The fourth-order valence-corrected chi connectivity index (χ4v) is 3.84. The van der Waals surface area contributed by atoms with E-state index >= 15 is 0 Å². The van der Waals surface area contributed by atoms with Crippen LogP contribution in [0.5, 0.6) is 0 Å². The van der Waals surface area contributed by atoms with Crippen LogP contribution in [-0.2, 0) is 4.79 Å². The second-order valence-corrected chi connectivity index (χ2v) is 8.07. The molecule has 0 aromatic carbocycles. The number of carbonyl (C=O) groups excluding carboxylic acids is 2. The van der Waals surface area contributed by atoms with Gasteiger partial charge in [0.15, 0.2) is 0 Å². The van der Waals surface area contributed by atoms with Gasteiger partial charge in [-0.05, 0) is 64.1 Å². The molecule has 150 valence electrons. The Morgan fingerprint density at radius 2 is 1.62 bits per heavy atom. The Morgan fingerprint density at radius 3 is 2.35 bits per heavy atom. The van der Waals surface area contributed by atoms with Gasteiger partial charge in [-0.25, -0.2) is 4.79 Å². The molecule has 0 radical (unpaired) electrons. The van der Waals surface area contributed by atoms with Gasteiger partial charge in [0.25, 0.3) is 0 Å². The maximum Gasteiger partial charge on any atom is 0.315 e. The van der Waals surface area contributed by atoms with Crippen molar-refractivity contribution >= 4 is 11.9 Å². The van der Waals surface area contributed by atoms with Crippen molar-refractivity contribution in [2.24, 2.45) is 5.92 Å². The summed E-state index contributed by atoms with van der Waals surface area (Å²) in [5.41, 5.74) is 0. The molecule has 2 aliphatic rings. The molecule has 2 rings (SSSR count). The van der Waals surface area contributed by atoms with Crippen molar-refractivity contribution in [1.82, 2.24) is 20.9 Å². The number of likely N-dealkylation sites (tertiary alicyclic amines) is 1. The van der Waals surface area contributed by atoms with E-state index in [1.54, 1.807) is 0 Å². The van der Waals surface area contributed by atoms with Gasteiger partial charge >= 0.3 is 6.03 Å². The molecule has 1 saturated heterocycles. The second kappa shape index (κ2) is 12.2. The summed E-state index contributed by atoms with van der Waals surface area (Å²) in [6, 6.07) is 0.239. The zero-order valence-corrected chi connectivity index (χ0v) is 16.5. The molecule has 0 unspecified atom stereocenters. The minimum Gasteiger partial charge on any atom is -0.356 e. The Labute approximate surface area is 158 Å². The molecule has 26 heavy (non-hydrogen) atoms. The Balaban J connectivity index is 1.40. The molecule has 0 atom stereocenters. The van der Waals surface area contributed by atoms with E-state index in [9.17, 15) is 9.59 Å². The van der Waals surface area contributed by atoms with Gasteiger partial charge in [-0.2, -0.15) is 0 Å². The van der Waals surface area contributed by atoms with Crippen LogP contribution in [0.1, 0.15) is 71.1 Å². The molecular weight excluding hydrogens is 328 g/mol. The molecule has 1 heterocycles. The number of urea groups is 1. The number of rotatable bonds is 9. The standard InChI is InChI=1S/C20H38N4O2/c1-17-10-15-24(16-11-17)14-6-13-21-19(25)9-5-12-22-20(26)23-18-7-3-2-4-8-18/h17-18H,2-16H2,1H3,(H,21,25)(H2,22,23,26). The van der Waals surface area contributed by atoms with Crippen molar-refractivity contribution in [2.75, 3.05) is 32.7 Å². The summed E-state index contributed by atoms with van der Waals surface area (Å²) >= 11 is 0. The summed E-state index contributed by atoms with van der Waals surface area (Å²) in [6.45, 7) is 7.10. The molecule has 0 aromatic heterocycles. The van der Waals surface area contributed by atoms with Crippen LogP contribution in [-0.4, -0.2) is 55.6 Å². The first-order chi connectivity index (χ1) is 12.6. The molecule has 6 heteroatoms. The number of carbonyl (C=O) groups is 2. The van der Waals surface area contributed by atoms with Crippen molar-refractivity contribution in [3.63, 3.8) is 0 Å². The van der Waals surface area contributed by atoms with Crippen LogP contribution < -0.4 is 16.0 Å². The average Bonchev–Trinajstić information content (AvgIpc) is 2.65. The minimum absolute atomic E-state index is 0.0896. The SMILES string of the molecule is CC1CCN(CCCNC(=O)CCCNC(=O)NC2CCCCC2)CC1. The smallest absolute Gasteiger partial charge is 0.315 e. The number of amides is 3. The normalized spacial score (nSPS) is 19.9. The van der Waals surface area contributed by atoms with Crippen LogP contribution in [0.4, 0.5) is 4.79 Å². The third kappa shape index (κ3) is 8.88. The average molecular weight is 367 g/mol. The molecule has 1 saturated carbocycles. The molecule has 0 spiro atoms. The lowest BCUT2D eigenvalue weighted by Crippen LogP contribution is -2.43. The summed E-state index contributed by atoms with van der Waals surface area (Å²) in [4.78, 5) is 26.2. The van der Waals surface area contributed by atoms with E-state index in [1.165, 1.54) is 45.2 Å². The van der Waals surface area contributed by atoms with Crippen LogP contribution in [0.15, 0.2) is 0 Å². The highest BCUT2D eigenvalue weighted by Crippen LogP contribution is 2.17. The Hall–Kier alpha value is -1.30. The Kier molecular flexibility index (Phi) is 9.82. The zero-order valence-electron chi connectivity index (χ0n) is 16.5. The maximum atomic E-state index is 11.8. The van der Waals surface area contributed by atoms with Crippen molar-refractivity contribution in [3.05, 3.63) is 0 Å². The van der Waals surface area contributed by atoms with E-state index in [0.717, 1.165) is 38.3 Å². The van der Waals surface area contributed by atoms with Gasteiger partial charge in [0, 0.05) is 25.6 Å². The first-order valence-electron chi connectivity index (χ1n) is 10.7. The quantitative estimate of drug-likeness (QED) is 0.549. The van der Waals surface area contributed by atoms with Crippen molar-refractivity contribution in [2.45, 2.75) is 77.2 Å². The highest BCUT2D eigenvalue weighted by Gasteiger charge is 2.16. The van der Waals surface area contributed by atoms with Crippen molar-refractivity contribution < 1.29 is 9.59 Å². The van der Waals surface area contributed by atoms with E-state index in [1.807, 2.05) is 0 Å². The largest absolute Gasteiger partial charge is 0.356 e. The predicted octanol–water partition coefficient (Wildman–Crippen LogP) is 2.64. The van der Waals surface area contributed by atoms with Crippen molar-refractivity contribution in [3.8, 4) is 0 Å². The van der Waals surface area contributed by atoms with Gasteiger partial charge < -0.3 is 20.9 Å². The Bertz CT molecular complexity index is 416. The van der Waals surface area contributed by atoms with Crippen LogP contribution in [0, 0.1) is 5.92 Å². The molecule has 1 aliphatic heterocycles. The van der Waals surface area contributed by atoms with E-state index in [4.69, 9.17) is 0 Å². The lowest BCUT2D eigenvalue weighted by atomic mass is 9.96. The van der Waals surface area contributed by atoms with Gasteiger partial charge in [0.2, 0.25) is 5.91 Å².